The molecule has 114 valence electrons. The smallest absolute Gasteiger partial charge is 0.175 e. The molecule has 20 heavy (non-hydrogen) atoms. The van der Waals surface area contributed by atoms with Crippen LogP contribution < -0.4 is 9.47 Å². The van der Waals surface area contributed by atoms with Crippen LogP contribution in [0.5, 0.6) is 11.5 Å². The van der Waals surface area contributed by atoms with Crippen molar-refractivity contribution in [2.75, 3.05) is 26.9 Å². The Morgan fingerprint density at radius 1 is 1.20 bits per heavy atom. The predicted molar refractivity (Wildman–Crippen MR) is 86.0 cm³/mol. The van der Waals surface area contributed by atoms with Gasteiger partial charge in [-0.05, 0) is 46.0 Å². The van der Waals surface area contributed by atoms with Gasteiger partial charge in [-0.3, -0.25) is 0 Å². The Bertz CT molecular complexity index is 410. The summed E-state index contributed by atoms with van der Waals surface area (Å²) in [5.41, 5.74) is 0.982. The van der Waals surface area contributed by atoms with E-state index >= 15 is 0 Å². The molecule has 0 saturated carbocycles. The fraction of sp³-hybridized carbons (Fsp3) is 0.600. The number of methoxy groups -OCH3 is 1. The molecule has 0 N–H and O–H groups in total. The zero-order chi connectivity index (χ0) is 15.0. The Kier molecular flexibility index (Phi) is 8.34. The molecular formula is C15H22BrClO3. The Morgan fingerprint density at radius 3 is 2.55 bits per heavy atom. The Labute approximate surface area is 134 Å². The van der Waals surface area contributed by atoms with Gasteiger partial charge in [0.25, 0.3) is 0 Å². The van der Waals surface area contributed by atoms with E-state index in [4.69, 9.17) is 25.8 Å². The zero-order valence-corrected chi connectivity index (χ0v) is 14.6. The summed E-state index contributed by atoms with van der Waals surface area (Å²) in [6.07, 6.45) is 1.07. The van der Waals surface area contributed by atoms with E-state index in [1.165, 1.54) is 0 Å². The molecule has 0 saturated heterocycles. The SMILES string of the molecule is COc1cc(CCl)cc(Br)c1OCCOCCC(C)C. The molecule has 0 amide bonds. The van der Waals surface area contributed by atoms with Crippen LogP contribution in [-0.2, 0) is 10.6 Å². The lowest BCUT2D eigenvalue weighted by Crippen LogP contribution is -2.09. The summed E-state index contributed by atoms with van der Waals surface area (Å²) < 4.78 is 17.4. The first-order valence-electron chi connectivity index (χ1n) is 6.71. The first-order chi connectivity index (χ1) is 9.58. The molecule has 0 radical (unpaired) electrons. The largest absolute Gasteiger partial charge is 0.493 e. The van der Waals surface area contributed by atoms with Crippen LogP contribution >= 0.6 is 27.5 Å². The molecule has 0 atom stereocenters. The Morgan fingerprint density at radius 2 is 1.95 bits per heavy atom. The van der Waals surface area contributed by atoms with Crippen LogP contribution in [0.25, 0.3) is 0 Å². The van der Waals surface area contributed by atoms with Gasteiger partial charge in [-0.1, -0.05) is 13.8 Å². The molecule has 0 spiro atoms. The number of ether oxygens (including phenoxy) is 3. The first kappa shape index (κ1) is 17.6. The third kappa shape index (κ3) is 5.90. The van der Waals surface area contributed by atoms with Gasteiger partial charge in [0, 0.05) is 12.5 Å². The van der Waals surface area contributed by atoms with Crippen molar-refractivity contribution in [3.05, 3.63) is 22.2 Å². The lowest BCUT2D eigenvalue weighted by Gasteiger charge is -2.14. The monoisotopic (exact) mass is 364 g/mol. The highest BCUT2D eigenvalue weighted by atomic mass is 79.9. The van der Waals surface area contributed by atoms with Gasteiger partial charge in [-0.25, -0.2) is 0 Å². The van der Waals surface area contributed by atoms with Gasteiger partial charge in [0.15, 0.2) is 11.5 Å². The molecule has 0 aliphatic heterocycles. The fourth-order valence-electron chi connectivity index (χ4n) is 1.61. The minimum absolute atomic E-state index is 0.438. The number of benzene rings is 1. The molecule has 0 bridgehead atoms. The first-order valence-corrected chi connectivity index (χ1v) is 8.04. The Hall–Kier alpha value is -0.450. The van der Waals surface area contributed by atoms with E-state index in [0.717, 1.165) is 23.1 Å². The van der Waals surface area contributed by atoms with Crippen molar-refractivity contribution in [2.24, 2.45) is 5.92 Å². The maximum atomic E-state index is 5.83. The number of hydrogen-bond acceptors (Lipinski definition) is 3. The molecule has 1 aromatic carbocycles. The van der Waals surface area contributed by atoms with Gasteiger partial charge in [0.1, 0.15) is 6.61 Å². The number of hydrogen-bond donors (Lipinski definition) is 0. The normalized spacial score (nSPS) is 10.9. The van der Waals surface area contributed by atoms with Crippen molar-refractivity contribution in [3.8, 4) is 11.5 Å². The summed E-state index contributed by atoms with van der Waals surface area (Å²) in [5.74, 6) is 2.47. The number of alkyl halides is 1. The maximum Gasteiger partial charge on any atom is 0.175 e. The molecule has 0 heterocycles. The molecule has 0 fully saturated rings. The molecule has 0 aromatic heterocycles. The molecule has 5 heteroatoms. The third-order valence-corrected chi connectivity index (χ3v) is 3.65. The van der Waals surface area contributed by atoms with Crippen molar-refractivity contribution in [1.29, 1.82) is 0 Å². The standard InChI is InChI=1S/C15H22BrClO3/c1-11(2)4-5-19-6-7-20-15-13(16)8-12(10-17)9-14(15)18-3/h8-9,11H,4-7,10H2,1-3H3. The van der Waals surface area contributed by atoms with Crippen molar-refractivity contribution in [1.82, 2.24) is 0 Å². The summed E-state index contributed by atoms with van der Waals surface area (Å²) >= 11 is 9.31. The molecular weight excluding hydrogens is 344 g/mol. The number of rotatable bonds is 9. The summed E-state index contributed by atoms with van der Waals surface area (Å²) in [6.45, 7) is 6.19. The van der Waals surface area contributed by atoms with E-state index in [9.17, 15) is 0 Å². The van der Waals surface area contributed by atoms with Crippen molar-refractivity contribution < 1.29 is 14.2 Å². The molecule has 0 unspecified atom stereocenters. The third-order valence-electron chi connectivity index (χ3n) is 2.76. The summed E-state index contributed by atoms with van der Waals surface area (Å²) in [5, 5.41) is 0. The lowest BCUT2D eigenvalue weighted by molar-refractivity contribution is 0.0914. The van der Waals surface area contributed by atoms with Crippen LogP contribution in [0.3, 0.4) is 0 Å². The van der Waals surface area contributed by atoms with Gasteiger partial charge in [0.2, 0.25) is 0 Å². The molecule has 0 aliphatic rings. The van der Waals surface area contributed by atoms with Crippen LogP contribution in [-0.4, -0.2) is 26.9 Å². The van der Waals surface area contributed by atoms with E-state index in [-0.39, 0.29) is 0 Å². The highest BCUT2D eigenvalue weighted by molar-refractivity contribution is 9.10. The molecule has 1 aromatic rings. The van der Waals surface area contributed by atoms with Crippen molar-refractivity contribution in [2.45, 2.75) is 26.1 Å². The highest BCUT2D eigenvalue weighted by Gasteiger charge is 2.11. The zero-order valence-electron chi connectivity index (χ0n) is 12.2. The van der Waals surface area contributed by atoms with E-state index in [2.05, 4.69) is 29.8 Å². The van der Waals surface area contributed by atoms with Gasteiger partial charge < -0.3 is 14.2 Å². The predicted octanol–water partition coefficient (Wildman–Crippen LogP) is 4.64. The van der Waals surface area contributed by atoms with E-state index in [0.29, 0.717) is 36.5 Å². The van der Waals surface area contributed by atoms with Gasteiger partial charge >= 0.3 is 0 Å². The molecule has 1 rings (SSSR count). The minimum atomic E-state index is 0.438. The van der Waals surface area contributed by atoms with E-state index in [1.54, 1.807) is 7.11 Å². The van der Waals surface area contributed by atoms with Crippen LogP contribution in [0.2, 0.25) is 0 Å². The summed E-state index contributed by atoms with van der Waals surface area (Å²) in [6, 6.07) is 3.82. The van der Waals surface area contributed by atoms with Crippen molar-refractivity contribution in [3.63, 3.8) is 0 Å². The van der Waals surface area contributed by atoms with Gasteiger partial charge in [-0.15, -0.1) is 11.6 Å². The van der Waals surface area contributed by atoms with Crippen LogP contribution in [0, 0.1) is 5.92 Å². The summed E-state index contributed by atoms with van der Waals surface area (Å²) in [7, 11) is 1.62. The minimum Gasteiger partial charge on any atom is -0.493 e. The van der Waals surface area contributed by atoms with Gasteiger partial charge in [0.05, 0.1) is 18.2 Å². The quantitative estimate of drug-likeness (QED) is 0.471. The van der Waals surface area contributed by atoms with Crippen molar-refractivity contribution >= 4 is 27.5 Å². The fourth-order valence-corrected chi connectivity index (χ4v) is 2.37. The molecule has 3 nitrogen and oxygen atoms in total. The second-order valence-electron chi connectivity index (χ2n) is 4.89. The number of halogens is 2. The lowest BCUT2D eigenvalue weighted by atomic mass is 10.1. The second-order valence-corrected chi connectivity index (χ2v) is 6.01. The summed E-state index contributed by atoms with van der Waals surface area (Å²) in [4.78, 5) is 0. The molecule has 0 aliphatic carbocycles. The van der Waals surface area contributed by atoms with Crippen LogP contribution in [0.15, 0.2) is 16.6 Å². The topological polar surface area (TPSA) is 27.7 Å². The highest BCUT2D eigenvalue weighted by Crippen LogP contribution is 2.37. The van der Waals surface area contributed by atoms with E-state index < -0.39 is 0 Å². The average molecular weight is 366 g/mol. The van der Waals surface area contributed by atoms with Gasteiger partial charge in [-0.2, -0.15) is 0 Å². The Balaban J connectivity index is 2.47. The van der Waals surface area contributed by atoms with Crippen LogP contribution in [0.4, 0.5) is 0 Å². The van der Waals surface area contributed by atoms with E-state index in [1.807, 2.05) is 12.1 Å². The van der Waals surface area contributed by atoms with Crippen LogP contribution in [0.1, 0.15) is 25.8 Å². The average Bonchev–Trinajstić information content (AvgIpc) is 2.42. The second kappa shape index (κ2) is 9.48. The maximum absolute atomic E-state index is 5.83.